The van der Waals surface area contributed by atoms with E-state index in [0.29, 0.717) is 28.5 Å². The van der Waals surface area contributed by atoms with Crippen molar-refractivity contribution in [1.29, 1.82) is 0 Å². The second kappa shape index (κ2) is 8.58. The summed E-state index contributed by atoms with van der Waals surface area (Å²) in [6.45, 7) is 1.87. The third-order valence-electron chi connectivity index (χ3n) is 5.60. The smallest absolute Gasteiger partial charge is 0.269 e. The third-order valence-corrected chi connectivity index (χ3v) is 5.60. The van der Waals surface area contributed by atoms with Crippen LogP contribution in [0.25, 0.3) is 10.8 Å². The van der Waals surface area contributed by atoms with Crippen LogP contribution in [0.3, 0.4) is 0 Å². The van der Waals surface area contributed by atoms with Crippen molar-refractivity contribution in [2.24, 2.45) is 0 Å². The molecule has 32 heavy (non-hydrogen) atoms. The number of hydrogen-bond acceptors (Lipinski definition) is 5. The summed E-state index contributed by atoms with van der Waals surface area (Å²) in [5.74, 6) is -0.974. The molecule has 0 bridgehead atoms. The standard InChI is InChI=1S/C24H21N3O5/c1-15(17-8-2-9-18(14-17)27(31)32)25-21(28)12-5-13-26-23(29)19-10-3-6-16-7-4-11-20(22(16)19)24(26)30/h2-4,6-11,14-15H,5,12-13H2,1H3,(H,25,28). The minimum Gasteiger partial charge on any atom is -0.350 e. The molecule has 4 rings (SSSR count). The van der Waals surface area contributed by atoms with Crippen LogP contribution in [0.2, 0.25) is 0 Å². The molecule has 1 aliphatic rings. The van der Waals surface area contributed by atoms with Gasteiger partial charge in [0, 0.05) is 41.6 Å². The van der Waals surface area contributed by atoms with Gasteiger partial charge in [0.1, 0.15) is 0 Å². The van der Waals surface area contributed by atoms with Gasteiger partial charge in [-0.05, 0) is 36.4 Å². The SMILES string of the molecule is CC(NC(=O)CCCN1C(=O)c2cccc3cccc(c23)C1=O)c1cccc([N+](=O)[O-])c1. The fourth-order valence-electron chi connectivity index (χ4n) is 3.99. The third kappa shape index (κ3) is 3.94. The number of carbonyl (C=O) groups excluding carboxylic acids is 3. The minimum absolute atomic E-state index is 0.0407. The van der Waals surface area contributed by atoms with Crippen LogP contribution < -0.4 is 5.32 Å². The molecule has 0 radical (unpaired) electrons. The average molecular weight is 431 g/mol. The topological polar surface area (TPSA) is 110 Å². The molecule has 8 nitrogen and oxygen atoms in total. The summed E-state index contributed by atoms with van der Waals surface area (Å²) in [4.78, 5) is 49.8. The summed E-state index contributed by atoms with van der Waals surface area (Å²) in [5, 5.41) is 15.3. The summed E-state index contributed by atoms with van der Waals surface area (Å²) >= 11 is 0. The Morgan fingerprint density at radius 2 is 1.66 bits per heavy atom. The Kier molecular flexibility index (Phi) is 5.68. The number of benzene rings is 3. The Morgan fingerprint density at radius 1 is 1.03 bits per heavy atom. The lowest BCUT2D eigenvalue weighted by Gasteiger charge is -2.27. The van der Waals surface area contributed by atoms with E-state index in [1.54, 1.807) is 43.3 Å². The first-order valence-corrected chi connectivity index (χ1v) is 10.3. The van der Waals surface area contributed by atoms with E-state index in [2.05, 4.69) is 5.32 Å². The van der Waals surface area contributed by atoms with E-state index in [4.69, 9.17) is 0 Å². The van der Waals surface area contributed by atoms with Crippen molar-refractivity contribution < 1.29 is 19.3 Å². The molecule has 3 amide bonds. The highest BCUT2D eigenvalue weighted by atomic mass is 16.6. The molecule has 0 aromatic heterocycles. The van der Waals surface area contributed by atoms with Gasteiger partial charge in [0.25, 0.3) is 17.5 Å². The predicted molar refractivity (Wildman–Crippen MR) is 118 cm³/mol. The highest BCUT2D eigenvalue weighted by Gasteiger charge is 2.32. The number of non-ortho nitro benzene ring substituents is 1. The second-order valence-corrected chi connectivity index (χ2v) is 7.72. The highest BCUT2D eigenvalue weighted by molar-refractivity contribution is 6.25. The van der Waals surface area contributed by atoms with Crippen molar-refractivity contribution in [1.82, 2.24) is 10.2 Å². The van der Waals surface area contributed by atoms with E-state index in [9.17, 15) is 24.5 Å². The molecule has 0 saturated heterocycles. The average Bonchev–Trinajstić information content (AvgIpc) is 2.79. The zero-order valence-electron chi connectivity index (χ0n) is 17.4. The molecule has 8 heteroatoms. The van der Waals surface area contributed by atoms with Gasteiger partial charge in [-0.15, -0.1) is 0 Å². The largest absolute Gasteiger partial charge is 0.350 e. The quantitative estimate of drug-likeness (QED) is 0.345. The van der Waals surface area contributed by atoms with Gasteiger partial charge >= 0.3 is 0 Å². The van der Waals surface area contributed by atoms with Gasteiger partial charge in [0.05, 0.1) is 11.0 Å². The Morgan fingerprint density at radius 3 is 2.28 bits per heavy atom. The molecular weight excluding hydrogens is 410 g/mol. The highest BCUT2D eigenvalue weighted by Crippen LogP contribution is 2.30. The van der Waals surface area contributed by atoms with Gasteiger partial charge in [-0.25, -0.2) is 0 Å². The van der Waals surface area contributed by atoms with Crippen LogP contribution in [0.4, 0.5) is 5.69 Å². The molecule has 0 aliphatic carbocycles. The number of carbonyl (C=O) groups is 3. The lowest BCUT2D eigenvalue weighted by atomic mass is 9.94. The van der Waals surface area contributed by atoms with E-state index >= 15 is 0 Å². The van der Waals surface area contributed by atoms with Crippen LogP contribution in [-0.2, 0) is 4.79 Å². The van der Waals surface area contributed by atoms with Crippen molar-refractivity contribution >= 4 is 34.2 Å². The van der Waals surface area contributed by atoms with E-state index in [-0.39, 0.29) is 36.4 Å². The molecule has 162 valence electrons. The molecule has 1 aliphatic heterocycles. The van der Waals surface area contributed by atoms with Gasteiger partial charge in [-0.3, -0.25) is 29.4 Å². The number of imide groups is 1. The van der Waals surface area contributed by atoms with Crippen molar-refractivity contribution in [3.05, 3.63) is 87.5 Å². The van der Waals surface area contributed by atoms with Gasteiger partial charge in [-0.1, -0.05) is 36.4 Å². The summed E-state index contributed by atoms with van der Waals surface area (Å²) in [6, 6.07) is 16.4. The maximum atomic E-state index is 12.9. The van der Waals surface area contributed by atoms with Crippen molar-refractivity contribution in [2.45, 2.75) is 25.8 Å². The fourth-order valence-corrected chi connectivity index (χ4v) is 3.99. The molecular formula is C24H21N3O5. The maximum Gasteiger partial charge on any atom is 0.269 e. The molecule has 0 spiro atoms. The maximum absolute atomic E-state index is 12.9. The zero-order valence-corrected chi connectivity index (χ0v) is 17.4. The van der Waals surface area contributed by atoms with Crippen LogP contribution in [0.15, 0.2) is 60.7 Å². The predicted octanol–water partition coefficient (Wildman–Crippen LogP) is 4.00. The van der Waals surface area contributed by atoms with Gasteiger partial charge in [0.15, 0.2) is 0 Å². The van der Waals surface area contributed by atoms with Crippen LogP contribution in [0, 0.1) is 10.1 Å². The van der Waals surface area contributed by atoms with E-state index < -0.39 is 11.0 Å². The number of nitrogens with zero attached hydrogens (tertiary/aromatic N) is 2. The van der Waals surface area contributed by atoms with Crippen molar-refractivity contribution in [3.63, 3.8) is 0 Å². The molecule has 1 heterocycles. The van der Waals surface area contributed by atoms with Gasteiger partial charge in [0.2, 0.25) is 5.91 Å². The lowest BCUT2D eigenvalue weighted by Crippen LogP contribution is -2.41. The first-order chi connectivity index (χ1) is 15.4. The van der Waals surface area contributed by atoms with Crippen LogP contribution in [-0.4, -0.2) is 34.1 Å². The van der Waals surface area contributed by atoms with Crippen LogP contribution in [0.5, 0.6) is 0 Å². The van der Waals surface area contributed by atoms with Gasteiger partial charge < -0.3 is 5.32 Å². The van der Waals surface area contributed by atoms with E-state index in [1.165, 1.54) is 17.0 Å². The molecule has 1 atom stereocenters. The zero-order chi connectivity index (χ0) is 22.8. The molecule has 1 N–H and O–H groups in total. The number of hydrogen-bond donors (Lipinski definition) is 1. The normalized spacial score (nSPS) is 13.8. The molecule has 1 unspecified atom stereocenters. The molecule has 0 fully saturated rings. The Balaban J connectivity index is 1.38. The Hall–Kier alpha value is -4.07. The molecule has 3 aromatic carbocycles. The second-order valence-electron chi connectivity index (χ2n) is 7.72. The summed E-state index contributed by atoms with van der Waals surface area (Å²) < 4.78 is 0. The first kappa shape index (κ1) is 21.2. The summed E-state index contributed by atoms with van der Waals surface area (Å²) in [5.41, 5.74) is 1.56. The lowest BCUT2D eigenvalue weighted by molar-refractivity contribution is -0.384. The number of nitrogens with one attached hydrogen (secondary N) is 1. The van der Waals surface area contributed by atoms with E-state index in [0.717, 1.165) is 5.39 Å². The first-order valence-electron chi connectivity index (χ1n) is 10.3. The Bertz CT molecular complexity index is 1200. The number of nitro groups is 1. The van der Waals surface area contributed by atoms with Crippen LogP contribution in [0.1, 0.15) is 52.1 Å². The monoisotopic (exact) mass is 431 g/mol. The Labute approximate surface area is 184 Å². The van der Waals surface area contributed by atoms with Crippen molar-refractivity contribution in [3.8, 4) is 0 Å². The fraction of sp³-hybridized carbons (Fsp3) is 0.208. The summed E-state index contributed by atoms with van der Waals surface area (Å²) in [6.07, 6.45) is 0.422. The molecule has 0 saturated carbocycles. The number of rotatable bonds is 7. The summed E-state index contributed by atoms with van der Waals surface area (Å²) in [7, 11) is 0. The van der Waals surface area contributed by atoms with Crippen LogP contribution >= 0.6 is 0 Å². The molecule has 3 aromatic rings. The van der Waals surface area contributed by atoms with Gasteiger partial charge in [-0.2, -0.15) is 0 Å². The number of amides is 3. The number of nitro benzene ring substituents is 1. The minimum atomic E-state index is -0.483. The van der Waals surface area contributed by atoms with Crippen molar-refractivity contribution in [2.75, 3.05) is 6.54 Å². The van der Waals surface area contributed by atoms with E-state index in [1.807, 2.05) is 12.1 Å².